The molecule has 0 aromatic heterocycles. The average Bonchev–Trinajstić information content (AvgIpc) is 3.31. The summed E-state index contributed by atoms with van der Waals surface area (Å²) in [5.74, 6) is 0. The molecule has 0 spiro atoms. The molecule has 0 bridgehead atoms. The maximum atomic E-state index is 3.98. The van der Waals surface area contributed by atoms with Crippen LogP contribution in [0.25, 0.3) is 22.3 Å². The second-order valence-corrected chi connectivity index (χ2v) is 20.9. The molecule has 2 atom stereocenters. The molecule has 3 heteroatoms. The number of hydrogen-bond acceptors (Lipinski definition) is 2. The standard InChI is InChI=1S/C52H63BN2/c1-32-17-16-18-33(2)45(32)34-27-40(39-24-21-36(49(6,7)8)31-43(39)54-38-22-19-35(20-23-38)48(3,4)5)46-44(28-34)55-47-41(51(12)25-14-15-26-52(51,55)13)29-37(50(9,10)11)30-42(47)53-46/h16-24,27-31,53-54H,14-15,25-26H2,1-13H3. The first-order chi connectivity index (χ1) is 25.7. The van der Waals surface area contributed by atoms with Crippen molar-refractivity contribution in [3.05, 3.63) is 118 Å². The number of nitrogens with zero attached hydrogens (tertiary/aromatic N) is 1. The van der Waals surface area contributed by atoms with E-state index in [2.05, 4.69) is 185 Å². The van der Waals surface area contributed by atoms with E-state index in [0.29, 0.717) is 0 Å². The molecule has 3 aliphatic rings. The number of aryl methyl sites for hydroxylation is 2. The van der Waals surface area contributed by atoms with Crippen molar-refractivity contribution in [1.29, 1.82) is 0 Å². The van der Waals surface area contributed by atoms with Gasteiger partial charge in [-0.15, -0.1) is 0 Å². The quantitative estimate of drug-likeness (QED) is 0.186. The van der Waals surface area contributed by atoms with Gasteiger partial charge in [-0.1, -0.05) is 142 Å². The van der Waals surface area contributed by atoms with E-state index < -0.39 is 0 Å². The number of fused-ring (bicyclic) bond motifs is 5. The Kier molecular flexibility index (Phi) is 8.66. The van der Waals surface area contributed by atoms with E-state index >= 15 is 0 Å². The summed E-state index contributed by atoms with van der Waals surface area (Å²) < 4.78 is 0. The van der Waals surface area contributed by atoms with Crippen molar-refractivity contribution in [1.82, 2.24) is 0 Å². The Morgan fingerprint density at radius 3 is 1.89 bits per heavy atom. The lowest BCUT2D eigenvalue weighted by Gasteiger charge is -2.51. The van der Waals surface area contributed by atoms with Gasteiger partial charge in [0.15, 0.2) is 7.28 Å². The minimum Gasteiger partial charge on any atom is -0.355 e. The molecule has 2 aliphatic heterocycles. The molecule has 1 N–H and O–H groups in total. The normalized spacial score (nSPS) is 20.4. The van der Waals surface area contributed by atoms with E-state index in [0.717, 1.165) is 13.0 Å². The summed E-state index contributed by atoms with van der Waals surface area (Å²) in [6.07, 6.45) is 4.99. The van der Waals surface area contributed by atoms with Gasteiger partial charge in [0.25, 0.3) is 0 Å². The molecule has 0 saturated heterocycles. The van der Waals surface area contributed by atoms with E-state index in [1.807, 2.05) is 0 Å². The highest BCUT2D eigenvalue weighted by molar-refractivity contribution is 6.73. The lowest BCUT2D eigenvalue weighted by atomic mass is 9.57. The Morgan fingerprint density at radius 2 is 1.25 bits per heavy atom. The number of rotatable bonds is 4. The van der Waals surface area contributed by atoms with Crippen LogP contribution in [0.15, 0.2) is 84.9 Å². The van der Waals surface area contributed by atoms with Crippen LogP contribution in [-0.4, -0.2) is 12.8 Å². The summed E-state index contributed by atoms with van der Waals surface area (Å²) in [7, 11) is 0.924. The van der Waals surface area contributed by atoms with Gasteiger partial charge in [0, 0.05) is 33.7 Å². The molecule has 1 aliphatic carbocycles. The summed E-state index contributed by atoms with van der Waals surface area (Å²) in [5, 5.41) is 3.98. The Morgan fingerprint density at radius 1 is 0.636 bits per heavy atom. The SMILES string of the molecule is Cc1cccc(C)c1-c1cc(-c2ccc(C(C)(C)C)cc2Nc2ccc(C(C)(C)C)cc2)c2c(c1)N1c3c(cc(C(C)(C)C)cc3C3(C)CCCCC13C)B2. The Balaban J connectivity index is 1.42. The van der Waals surface area contributed by atoms with E-state index in [1.54, 1.807) is 5.56 Å². The Bertz CT molecular complexity index is 2310. The van der Waals surface area contributed by atoms with Crippen LogP contribution < -0.4 is 21.1 Å². The largest absolute Gasteiger partial charge is 0.355 e. The van der Waals surface area contributed by atoms with Gasteiger partial charge in [-0.3, -0.25) is 0 Å². The third-order valence-electron chi connectivity index (χ3n) is 14.0. The van der Waals surface area contributed by atoms with Gasteiger partial charge in [-0.05, 0) is 136 Å². The summed E-state index contributed by atoms with van der Waals surface area (Å²) in [6, 6.07) is 33.4. The highest BCUT2D eigenvalue weighted by Gasteiger charge is 2.59. The highest BCUT2D eigenvalue weighted by atomic mass is 15.3. The van der Waals surface area contributed by atoms with Gasteiger partial charge < -0.3 is 10.2 Å². The van der Waals surface area contributed by atoms with Crippen LogP contribution in [0.4, 0.5) is 22.7 Å². The summed E-state index contributed by atoms with van der Waals surface area (Å²) >= 11 is 0. The van der Waals surface area contributed by atoms with Crippen LogP contribution in [0.3, 0.4) is 0 Å². The lowest BCUT2D eigenvalue weighted by molar-refractivity contribution is 0.195. The first kappa shape index (κ1) is 37.7. The third-order valence-corrected chi connectivity index (χ3v) is 14.0. The molecule has 2 nitrogen and oxygen atoms in total. The van der Waals surface area contributed by atoms with Gasteiger partial charge in [-0.2, -0.15) is 0 Å². The molecule has 0 amide bonds. The number of hydrogen-bond donors (Lipinski definition) is 1. The van der Waals surface area contributed by atoms with Crippen LogP contribution in [0.1, 0.15) is 135 Å². The topological polar surface area (TPSA) is 15.3 Å². The predicted octanol–water partition coefficient (Wildman–Crippen LogP) is 12.7. The molecule has 2 heterocycles. The van der Waals surface area contributed by atoms with Gasteiger partial charge in [0.1, 0.15) is 0 Å². The zero-order valence-electron chi connectivity index (χ0n) is 36.1. The highest BCUT2D eigenvalue weighted by Crippen LogP contribution is 2.61. The summed E-state index contributed by atoms with van der Waals surface area (Å²) in [6.45, 7) is 30.8. The number of nitrogens with one attached hydrogen (secondary N) is 1. The first-order valence-electron chi connectivity index (χ1n) is 20.9. The fourth-order valence-electron chi connectivity index (χ4n) is 10.3. The predicted molar refractivity (Wildman–Crippen MR) is 242 cm³/mol. The molecule has 5 aromatic rings. The van der Waals surface area contributed by atoms with Crippen molar-refractivity contribution < 1.29 is 0 Å². The lowest BCUT2D eigenvalue weighted by Crippen LogP contribution is -2.57. The van der Waals surface area contributed by atoms with Crippen molar-refractivity contribution in [2.75, 3.05) is 10.2 Å². The van der Waals surface area contributed by atoms with Gasteiger partial charge in [0.05, 0.1) is 5.54 Å². The zero-order valence-corrected chi connectivity index (χ0v) is 36.1. The fourth-order valence-corrected chi connectivity index (χ4v) is 10.3. The number of benzene rings is 5. The van der Waals surface area contributed by atoms with Crippen LogP contribution in [0, 0.1) is 13.8 Å². The van der Waals surface area contributed by atoms with Crippen LogP contribution >= 0.6 is 0 Å². The molecule has 0 radical (unpaired) electrons. The Labute approximate surface area is 333 Å². The summed E-state index contributed by atoms with van der Waals surface area (Å²) in [5.41, 5.74) is 22.0. The fraction of sp³-hybridized carbons (Fsp3) is 0.423. The van der Waals surface area contributed by atoms with E-state index in [9.17, 15) is 0 Å². The monoisotopic (exact) mass is 727 g/mol. The third kappa shape index (κ3) is 6.07. The van der Waals surface area contributed by atoms with Crippen molar-refractivity contribution in [2.45, 2.75) is 143 Å². The maximum absolute atomic E-state index is 3.98. The summed E-state index contributed by atoms with van der Waals surface area (Å²) in [4.78, 5) is 2.87. The van der Waals surface area contributed by atoms with Crippen LogP contribution in [0.5, 0.6) is 0 Å². The van der Waals surface area contributed by atoms with Gasteiger partial charge in [-0.25, -0.2) is 0 Å². The van der Waals surface area contributed by atoms with Crippen molar-refractivity contribution in [2.24, 2.45) is 0 Å². The van der Waals surface area contributed by atoms with E-state index in [1.165, 1.54) is 104 Å². The van der Waals surface area contributed by atoms with Crippen molar-refractivity contribution in [3.63, 3.8) is 0 Å². The molecule has 8 rings (SSSR count). The maximum Gasteiger partial charge on any atom is 0.198 e. The van der Waals surface area contributed by atoms with E-state index in [4.69, 9.17) is 0 Å². The molecular formula is C52H63BN2. The van der Waals surface area contributed by atoms with Gasteiger partial charge in [0.2, 0.25) is 0 Å². The van der Waals surface area contributed by atoms with Crippen LogP contribution in [0.2, 0.25) is 0 Å². The van der Waals surface area contributed by atoms with Crippen LogP contribution in [-0.2, 0) is 21.7 Å². The van der Waals surface area contributed by atoms with E-state index in [-0.39, 0.29) is 27.2 Å². The second kappa shape index (κ2) is 12.6. The minimum atomic E-state index is -0.0172. The van der Waals surface area contributed by atoms with Crippen molar-refractivity contribution in [3.8, 4) is 22.3 Å². The number of anilines is 4. The molecule has 1 fully saturated rings. The minimum absolute atomic E-state index is 0.0128. The molecular weight excluding hydrogens is 663 g/mol. The molecule has 2 unspecified atom stereocenters. The van der Waals surface area contributed by atoms with Gasteiger partial charge >= 0.3 is 0 Å². The van der Waals surface area contributed by atoms with Crippen molar-refractivity contribution >= 4 is 41.0 Å². The molecule has 1 saturated carbocycles. The average molecular weight is 727 g/mol. The smallest absolute Gasteiger partial charge is 0.198 e. The Hall–Kier alpha value is -4.24. The second-order valence-electron chi connectivity index (χ2n) is 20.9. The first-order valence-corrected chi connectivity index (χ1v) is 20.9. The molecule has 55 heavy (non-hydrogen) atoms. The zero-order chi connectivity index (χ0) is 39.5. The molecule has 5 aromatic carbocycles. The molecule has 284 valence electrons.